The molecule has 5 heteroatoms. The number of urea groups is 1. The molecule has 5 nitrogen and oxygen atoms in total. The van der Waals surface area contributed by atoms with E-state index < -0.39 is 0 Å². The lowest BCUT2D eigenvalue weighted by molar-refractivity contribution is 0.108. The third-order valence-electron chi connectivity index (χ3n) is 4.44. The van der Waals surface area contributed by atoms with Gasteiger partial charge >= 0.3 is 6.03 Å². The van der Waals surface area contributed by atoms with Crippen molar-refractivity contribution >= 4 is 11.7 Å². The minimum atomic E-state index is 0.0411. The molecular weight excluding hydrogens is 278 g/mol. The van der Waals surface area contributed by atoms with Crippen LogP contribution in [0.4, 0.5) is 10.5 Å². The minimum Gasteiger partial charge on any atom is -0.376 e. The van der Waals surface area contributed by atoms with Gasteiger partial charge in [-0.15, -0.1) is 0 Å². The molecule has 0 spiro atoms. The van der Waals surface area contributed by atoms with Crippen molar-refractivity contribution in [2.24, 2.45) is 0 Å². The van der Waals surface area contributed by atoms with Gasteiger partial charge in [0, 0.05) is 45.0 Å². The van der Waals surface area contributed by atoms with E-state index in [0.29, 0.717) is 6.54 Å². The van der Waals surface area contributed by atoms with Gasteiger partial charge in [0.2, 0.25) is 0 Å². The van der Waals surface area contributed by atoms with Crippen LogP contribution in [0.15, 0.2) is 24.3 Å². The van der Waals surface area contributed by atoms with Crippen LogP contribution in [-0.4, -0.2) is 56.4 Å². The Hall–Kier alpha value is -1.75. The average molecular weight is 303 g/mol. The lowest BCUT2D eigenvalue weighted by Crippen LogP contribution is -2.52. The van der Waals surface area contributed by atoms with Crippen molar-refractivity contribution in [1.29, 1.82) is 0 Å². The Balaban J connectivity index is 1.45. The van der Waals surface area contributed by atoms with Crippen molar-refractivity contribution in [2.45, 2.75) is 25.9 Å². The fourth-order valence-electron chi connectivity index (χ4n) is 3.11. The maximum atomic E-state index is 12.2. The number of aryl methyl sites for hydroxylation is 1. The highest BCUT2D eigenvalue weighted by atomic mass is 16.5. The Kier molecular flexibility index (Phi) is 4.83. The van der Waals surface area contributed by atoms with Gasteiger partial charge in [-0.05, 0) is 37.5 Å². The summed E-state index contributed by atoms with van der Waals surface area (Å²) < 4.78 is 5.54. The number of anilines is 1. The van der Waals surface area contributed by atoms with Crippen LogP contribution in [-0.2, 0) is 4.74 Å². The van der Waals surface area contributed by atoms with Gasteiger partial charge < -0.3 is 19.9 Å². The van der Waals surface area contributed by atoms with Crippen LogP contribution in [0.1, 0.15) is 18.4 Å². The van der Waals surface area contributed by atoms with E-state index in [0.717, 1.165) is 45.6 Å². The van der Waals surface area contributed by atoms with Crippen LogP contribution in [0, 0.1) is 6.92 Å². The molecule has 1 aromatic rings. The van der Waals surface area contributed by atoms with E-state index in [1.54, 1.807) is 0 Å². The van der Waals surface area contributed by atoms with Crippen molar-refractivity contribution in [2.75, 3.05) is 44.2 Å². The zero-order chi connectivity index (χ0) is 15.4. The van der Waals surface area contributed by atoms with Crippen molar-refractivity contribution in [3.8, 4) is 0 Å². The molecule has 120 valence electrons. The Labute approximate surface area is 132 Å². The van der Waals surface area contributed by atoms with Crippen LogP contribution in [0.3, 0.4) is 0 Å². The summed E-state index contributed by atoms with van der Waals surface area (Å²) in [5, 5.41) is 3.00. The number of carbonyl (C=O) groups is 1. The second kappa shape index (κ2) is 7.01. The van der Waals surface area contributed by atoms with E-state index in [-0.39, 0.29) is 12.1 Å². The second-order valence-electron chi connectivity index (χ2n) is 6.13. The molecule has 2 aliphatic rings. The number of amides is 2. The van der Waals surface area contributed by atoms with Gasteiger partial charge in [0.05, 0.1) is 6.10 Å². The summed E-state index contributed by atoms with van der Waals surface area (Å²) in [4.78, 5) is 16.4. The highest BCUT2D eigenvalue weighted by Crippen LogP contribution is 2.18. The number of carbonyl (C=O) groups excluding carboxylic acids is 1. The van der Waals surface area contributed by atoms with E-state index in [1.807, 2.05) is 4.90 Å². The minimum absolute atomic E-state index is 0.0411. The number of rotatable bonds is 3. The molecule has 3 rings (SSSR count). The molecule has 1 aromatic carbocycles. The number of nitrogens with one attached hydrogen (secondary N) is 1. The predicted molar refractivity (Wildman–Crippen MR) is 87.3 cm³/mol. The first-order valence-corrected chi connectivity index (χ1v) is 8.18. The van der Waals surface area contributed by atoms with Crippen molar-refractivity contribution in [3.05, 3.63) is 29.8 Å². The fraction of sp³-hybridized carbons (Fsp3) is 0.588. The molecular formula is C17H25N3O2. The van der Waals surface area contributed by atoms with E-state index in [2.05, 4.69) is 41.4 Å². The molecule has 0 aromatic heterocycles. The molecule has 0 radical (unpaired) electrons. The lowest BCUT2D eigenvalue weighted by Gasteiger charge is -2.36. The largest absolute Gasteiger partial charge is 0.376 e. The molecule has 22 heavy (non-hydrogen) atoms. The number of piperazine rings is 1. The lowest BCUT2D eigenvalue weighted by atomic mass is 10.2. The highest BCUT2D eigenvalue weighted by molar-refractivity contribution is 5.74. The zero-order valence-corrected chi connectivity index (χ0v) is 13.3. The number of nitrogens with zero attached hydrogens (tertiary/aromatic N) is 2. The molecule has 0 bridgehead atoms. The molecule has 2 amide bonds. The average Bonchev–Trinajstić information content (AvgIpc) is 3.06. The smallest absolute Gasteiger partial charge is 0.317 e. The molecule has 1 unspecified atom stereocenters. The molecule has 0 saturated carbocycles. The molecule has 2 aliphatic heterocycles. The summed E-state index contributed by atoms with van der Waals surface area (Å²) in [6.07, 6.45) is 2.37. The monoisotopic (exact) mass is 303 g/mol. The topological polar surface area (TPSA) is 44.8 Å². The van der Waals surface area contributed by atoms with Gasteiger partial charge in [0.1, 0.15) is 0 Å². The molecule has 2 saturated heterocycles. The predicted octanol–water partition coefficient (Wildman–Crippen LogP) is 2.01. The summed E-state index contributed by atoms with van der Waals surface area (Å²) in [5.74, 6) is 0. The summed E-state index contributed by atoms with van der Waals surface area (Å²) >= 11 is 0. The maximum absolute atomic E-state index is 12.2. The Morgan fingerprint density at radius 3 is 2.82 bits per heavy atom. The third-order valence-corrected chi connectivity index (χ3v) is 4.44. The fourth-order valence-corrected chi connectivity index (χ4v) is 3.11. The summed E-state index contributed by atoms with van der Waals surface area (Å²) in [5.41, 5.74) is 2.52. The zero-order valence-electron chi connectivity index (χ0n) is 13.3. The third kappa shape index (κ3) is 3.71. The normalized spacial score (nSPS) is 22.0. The Bertz CT molecular complexity index is 506. The molecule has 2 heterocycles. The quantitative estimate of drug-likeness (QED) is 0.929. The van der Waals surface area contributed by atoms with Gasteiger partial charge in [0.15, 0.2) is 0 Å². The van der Waals surface area contributed by atoms with E-state index in [1.165, 1.54) is 11.3 Å². The van der Waals surface area contributed by atoms with Gasteiger partial charge in [-0.1, -0.05) is 12.1 Å². The number of hydrogen-bond acceptors (Lipinski definition) is 3. The van der Waals surface area contributed by atoms with Gasteiger partial charge in [-0.25, -0.2) is 4.79 Å². The number of benzene rings is 1. The van der Waals surface area contributed by atoms with Crippen LogP contribution >= 0.6 is 0 Å². The molecule has 1 atom stereocenters. The van der Waals surface area contributed by atoms with E-state index in [9.17, 15) is 4.79 Å². The summed E-state index contributed by atoms with van der Waals surface area (Å²) in [6.45, 7) is 6.88. The van der Waals surface area contributed by atoms with Crippen LogP contribution in [0.5, 0.6) is 0 Å². The van der Waals surface area contributed by atoms with Crippen molar-refractivity contribution in [3.63, 3.8) is 0 Å². The van der Waals surface area contributed by atoms with Gasteiger partial charge in [-0.3, -0.25) is 0 Å². The maximum Gasteiger partial charge on any atom is 0.317 e. The Morgan fingerprint density at radius 1 is 1.32 bits per heavy atom. The van der Waals surface area contributed by atoms with E-state index in [4.69, 9.17) is 4.74 Å². The van der Waals surface area contributed by atoms with Gasteiger partial charge in [-0.2, -0.15) is 0 Å². The summed E-state index contributed by atoms with van der Waals surface area (Å²) in [6, 6.07) is 8.58. The number of ether oxygens (including phenoxy) is 1. The van der Waals surface area contributed by atoms with Gasteiger partial charge in [0.25, 0.3) is 0 Å². The summed E-state index contributed by atoms with van der Waals surface area (Å²) in [7, 11) is 0. The van der Waals surface area contributed by atoms with Crippen LogP contribution in [0.25, 0.3) is 0 Å². The van der Waals surface area contributed by atoms with Crippen molar-refractivity contribution in [1.82, 2.24) is 10.2 Å². The standard InChI is InChI=1S/C17H25N3O2/c1-14-4-2-5-15(12-14)19-7-9-20(10-8-19)17(21)18-13-16-6-3-11-22-16/h2,4-5,12,16H,3,6-11,13H2,1H3,(H,18,21). The first-order chi connectivity index (χ1) is 10.7. The second-order valence-corrected chi connectivity index (χ2v) is 6.13. The van der Waals surface area contributed by atoms with Crippen LogP contribution in [0.2, 0.25) is 0 Å². The van der Waals surface area contributed by atoms with Crippen molar-refractivity contribution < 1.29 is 9.53 Å². The molecule has 1 N–H and O–H groups in total. The molecule has 2 fully saturated rings. The highest BCUT2D eigenvalue weighted by Gasteiger charge is 2.22. The number of hydrogen-bond donors (Lipinski definition) is 1. The van der Waals surface area contributed by atoms with E-state index >= 15 is 0 Å². The molecule has 0 aliphatic carbocycles. The first kappa shape index (κ1) is 15.2. The SMILES string of the molecule is Cc1cccc(N2CCN(C(=O)NCC3CCCO3)CC2)c1. The van der Waals surface area contributed by atoms with Crippen LogP contribution < -0.4 is 10.2 Å². The Morgan fingerprint density at radius 2 is 2.14 bits per heavy atom. The first-order valence-electron chi connectivity index (χ1n) is 8.18.